The first kappa shape index (κ1) is 16.8. The molecule has 1 aliphatic rings. The van der Waals surface area contributed by atoms with Gasteiger partial charge < -0.3 is 14.7 Å². The Labute approximate surface area is 146 Å². The molecule has 0 atom stereocenters. The van der Waals surface area contributed by atoms with E-state index in [2.05, 4.69) is 22.3 Å². The van der Waals surface area contributed by atoms with Gasteiger partial charge in [-0.25, -0.2) is 0 Å². The van der Waals surface area contributed by atoms with Crippen LogP contribution in [0.3, 0.4) is 0 Å². The van der Waals surface area contributed by atoms with Crippen molar-refractivity contribution in [3.05, 3.63) is 47.7 Å². The number of nitrogens with one attached hydrogen (secondary N) is 1. The minimum absolute atomic E-state index is 0.0873. The lowest BCUT2D eigenvalue weighted by Crippen LogP contribution is -2.41. The van der Waals surface area contributed by atoms with E-state index in [0.717, 1.165) is 5.56 Å². The average Bonchev–Trinajstić information content (AvgIpc) is 3.05. The SMILES string of the molecule is Cc1cc(NC(=O)C2CCN(C(=O)C#Cc3ccccc3)CC2)no1. The molecule has 0 aliphatic carbocycles. The lowest BCUT2D eigenvalue weighted by atomic mass is 9.96. The van der Waals surface area contributed by atoms with Crippen molar-refractivity contribution in [3.63, 3.8) is 0 Å². The van der Waals surface area contributed by atoms with Crippen molar-refractivity contribution in [3.8, 4) is 11.8 Å². The molecule has 0 saturated carbocycles. The number of rotatable bonds is 2. The summed E-state index contributed by atoms with van der Waals surface area (Å²) in [4.78, 5) is 26.1. The van der Waals surface area contributed by atoms with Crippen LogP contribution in [0, 0.1) is 24.7 Å². The summed E-state index contributed by atoms with van der Waals surface area (Å²) in [5.41, 5.74) is 0.813. The summed E-state index contributed by atoms with van der Waals surface area (Å²) < 4.78 is 4.93. The Morgan fingerprint density at radius 2 is 1.96 bits per heavy atom. The number of anilines is 1. The highest BCUT2D eigenvalue weighted by Crippen LogP contribution is 2.19. The number of likely N-dealkylation sites (tertiary alicyclic amines) is 1. The van der Waals surface area contributed by atoms with E-state index in [9.17, 15) is 9.59 Å². The van der Waals surface area contributed by atoms with Crippen LogP contribution in [0.1, 0.15) is 24.2 Å². The van der Waals surface area contributed by atoms with Gasteiger partial charge in [-0.2, -0.15) is 0 Å². The third-order valence-electron chi connectivity index (χ3n) is 4.12. The number of aryl methyl sites for hydroxylation is 1. The number of carbonyl (C=O) groups excluding carboxylic acids is 2. The quantitative estimate of drug-likeness (QED) is 0.853. The van der Waals surface area contributed by atoms with Crippen LogP contribution in [0.4, 0.5) is 5.82 Å². The van der Waals surface area contributed by atoms with Crippen LogP contribution in [-0.2, 0) is 9.59 Å². The summed E-state index contributed by atoms with van der Waals surface area (Å²) in [5.74, 6) is 6.19. The van der Waals surface area contributed by atoms with Gasteiger partial charge in [0.05, 0.1) is 0 Å². The standard InChI is InChI=1S/C19H19N3O3/c1-14-13-17(21-25-14)20-19(24)16-9-11-22(12-10-16)18(23)8-7-15-5-3-2-4-6-15/h2-6,13,16H,9-12H2,1H3,(H,20,21,24). The van der Waals surface area contributed by atoms with Gasteiger partial charge in [-0.15, -0.1) is 0 Å². The molecular weight excluding hydrogens is 318 g/mol. The van der Waals surface area contributed by atoms with Crippen LogP contribution in [0.25, 0.3) is 0 Å². The van der Waals surface area contributed by atoms with Gasteiger partial charge in [-0.1, -0.05) is 29.3 Å². The van der Waals surface area contributed by atoms with Gasteiger partial charge >= 0.3 is 0 Å². The highest BCUT2D eigenvalue weighted by Gasteiger charge is 2.27. The van der Waals surface area contributed by atoms with Crippen LogP contribution in [0.15, 0.2) is 40.9 Å². The summed E-state index contributed by atoms with van der Waals surface area (Å²) in [5, 5.41) is 6.51. The summed E-state index contributed by atoms with van der Waals surface area (Å²) >= 11 is 0. The first-order valence-electron chi connectivity index (χ1n) is 8.22. The lowest BCUT2D eigenvalue weighted by Gasteiger charge is -2.29. The molecule has 1 aromatic carbocycles. The summed E-state index contributed by atoms with van der Waals surface area (Å²) in [6, 6.07) is 11.1. The zero-order valence-electron chi connectivity index (χ0n) is 14.0. The Kier molecular flexibility index (Phi) is 5.14. The van der Waals surface area contributed by atoms with Gasteiger partial charge in [0, 0.05) is 36.6 Å². The van der Waals surface area contributed by atoms with Crippen molar-refractivity contribution in [1.29, 1.82) is 0 Å². The van der Waals surface area contributed by atoms with E-state index in [1.165, 1.54) is 0 Å². The van der Waals surface area contributed by atoms with Crippen molar-refractivity contribution in [2.45, 2.75) is 19.8 Å². The van der Waals surface area contributed by atoms with Gasteiger partial charge in [0.2, 0.25) is 5.91 Å². The zero-order chi connectivity index (χ0) is 17.6. The number of carbonyl (C=O) groups is 2. The first-order valence-corrected chi connectivity index (χ1v) is 8.22. The second-order valence-corrected chi connectivity index (χ2v) is 5.99. The molecule has 0 unspecified atom stereocenters. The highest BCUT2D eigenvalue weighted by atomic mass is 16.5. The number of hydrogen-bond donors (Lipinski definition) is 1. The predicted molar refractivity (Wildman–Crippen MR) is 92.5 cm³/mol. The minimum atomic E-state index is -0.199. The van der Waals surface area contributed by atoms with Crippen molar-refractivity contribution in [2.24, 2.45) is 5.92 Å². The number of nitrogens with zero attached hydrogens (tertiary/aromatic N) is 2. The molecule has 25 heavy (non-hydrogen) atoms. The topological polar surface area (TPSA) is 75.4 Å². The maximum Gasteiger partial charge on any atom is 0.298 e. The van der Waals surface area contributed by atoms with Gasteiger partial charge in [0.25, 0.3) is 5.91 Å². The van der Waals surface area contributed by atoms with Crippen LogP contribution >= 0.6 is 0 Å². The molecule has 1 aliphatic heterocycles. The number of hydrogen-bond acceptors (Lipinski definition) is 4. The molecule has 1 aromatic heterocycles. The van der Waals surface area contributed by atoms with E-state index in [1.807, 2.05) is 30.3 Å². The molecule has 2 amide bonds. The molecule has 1 fully saturated rings. The normalized spacial score (nSPS) is 14.5. The monoisotopic (exact) mass is 337 g/mol. The third-order valence-corrected chi connectivity index (χ3v) is 4.12. The molecule has 128 valence electrons. The Balaban J connectivity index is 1.50. The Bertz CT molecular complexity index is 809. The fourth-order valence-corrected chi connectivity index (χ4v) is 2.72. The number of benzene rings is 1. The van der Waals surface area contributed by atoms with Crippen molar-refractivity contribution >= 4 is 17.6 Å². The number of piperidine rings is 1. The largest absolute Gasteiger partial charge is 0.360 e. The number of aromatic nitrogens is 1. The average molecular weight is 337 g/mol. The molecule has 6 nitrogen and oxygen atoms in total. The summed E-state index contributed by atoms with van der Waals surface area (Å²) in [7, 11) is 0. The lowest BCUT2D eigenvalue weighted by molar-refractivity contribution is -0.129. The smallest absolute Gasteiger partial charge is 0.298 e. The minimum Gasteiger partial charge on any atom is -0.360 e. The summed E-state index contributed by atoms with van der Waals surface area (Å²) in [6.07, 6.45) is 1.23. The van der Waals surface area contributed by atoms with E-state index in [1.54, 1.807) is 17.9 Å². The molecule has 0 bridgehead atoms. The fraction of sp³-hybridized carbons (Fsp3) is 0.316. The zero-order valence-corrected chi connectivity index (χ0v) is 14.0. The van der Waals surface area contributed by atoms with Crippen LogP contribution < -0.4 is 5.32 Å². The van der Waals surface area contributed by atoms with Crippen LogP contribution in [0.5, 0.6) is 0 Å². The second kappa shape index (κ2) is 7.67. The molecular formula is C19H19N3O3. The van der Waals surface area contributed by atoms with Crippen LogP contribution in [0.2, 0.25) is 0 Å². The van der Waals surface area contributed by atoms with E-state index in [0.29, 0.717) is 37.5 Å². The second-order valence-electron chi connectivity index (χ2n) is 5.99. The molecule has 6 heteroatoms. The van der Waals surface area contributed by atoms with Gasteiger partial charge in [-0.05, 0) is 31.9 Å². The van der Waals surface area contributed by atoms with Crippen molar-refractivity contribution < 1.29 is 14.1 Å². The van der Waals surface area contributed by atoms with Crippen molar-refractivity contribution in [2.75, 3.05) is 18.4 Å². The van der Waals surface area contributed by atoms with E-state index >= 15 is 0 Å². The van der Waals surface area contributed by atoms with Crippen molar-refractivity contribution in [1.82, 2.24) is 10.1 Å². The predicted octanol–water partition coefficient (Wildman–Crippen LogP) is 2.21. The van der Waals surface area contributed by atoms with E-state index in [-0.39, 0.29) is 17.7 Å². The third kappa shape index (κ3) is 4.48. The van der Waals surface area contributed by atoms with E-state index in [4.69, 9.17) is 4.52 Å². The molecule has 0 radical (unpaired) electrons. The Hall–Kier alpha value is -3.07. The summed E-state index contributed by atoms with van der Waals surface area (Å²) in [6.45, 7) is 2.82. The molecule has 1 N–H and O–H groups in total. The Morgan fingerprint density at radius 3 is 2.60 bits per heavy atom. The maximum absolute atomic E-state index is 12.2. The van der Waals surface area contributed by atoms with Gasteiger partial charge in [-0.3, -0.25) is 9.59 Å². The van der Waals surface area contributed by atoms with E-state index < -0.39 is 0 Å². The van der Waals surface area contributed by atoms with Gasteiger partial charge in [0.15, 0.2) is 5.82 Å². The van der Waals surface area contributed by atoms with Gasteiger partial charge in [0.1, 0.15) is 5.76 Å². The first-order chi connectivity index (χ1) is 12.1. The molecule has 1 saturated heterocycles. The molecule has 2 heterocycles. The molecule has 3 rings (SSSR count). The molecule has 2 aromatic rings. The Morgan fingerprint density at radius 1 is 1.24 bits per heavy atom. The maximum atomic E-state index is 12.2. The van der Waals surface area contributed by atoms with Crippen LogP contribution in [-0.4, -0.2) is 35.0 Å². The highest BCUT2D eigenvalue weighted by molar-refractivity contribution is 5.95. The fourth-order valence-electron chi connectivity index (χ4n) is 2.72. The number of amides is 2. The molecule has 0 spiro atoms.